The molecule has 0 saturated carbocycles. The Morgan fingerprint density at radius 3 is 2.43 bits per heavy atom. The van der Waals surface area contributed by atoms with E-state index >= 15 is 0 Å². The number of carbonyl (C=O) groups excluding carboxylic acids is 1. The van der Waals surface area contributed by atoms with Crippen LogP contribution in [0.4, 0.5) is 33.2 Å². The van der Waals surface area contributed by atoms with E-state index in [1.54, 1.807) is 6.07 Å². The second kappa shape index (κ2) is 15.5. The molecule has 0 spiro atoms. The Hall–Kier alpha value is -2.90. The summed E-state index contributed by atoms with van der Waals surface area (Å²) in [6, 6.07) is 6.42. The number of ether oxygens (including phenoxy) is 1. The Morgan fingerprint density at radius 2 is 1.79 bits per heavy atom. The lowest BCUT2D eigenvalue weighted by molar-refractivity contribution is -0.138. The van der Waals surface area contributed by atoms with Gasteiger partial charge in [-0.3, -0.25) is 9.51 Å². The van der Waals surface area contributed by atoms with Gasteiger partial charge in [0.15, 0.2) is 0 Å². The molecule has 3 rings (SSSR count). The van der Waals surface area contributed by atoms with Gasteiger partial charge in [-0.25, -0.2) is 19.2 Å². The van der Waals surface area contributed by atoms with Crippen LogP contribution in [0.15, 0.2) is 42.7 Å². The fourth-order valence-electron chi connectivity index (χ4n) is 4.17. The number of alkyl halides is 3. The van der Waals surface area contributed by atoms with Gasteiger partial charge in [0.1, 0.15) is 12.3 Å². The van der Waals surface area contributed by atoms with Crippen LogP contribution >= 0.6 is 19.2 Å². The first-order valence-electron chi connectivity index (χ1n) is 13.3. The number of pyridine rings is 1. The SMILES string of the molecule is CCCCCCCCCc1ccc(N(C(=O)OCCOP(=O)(O)O)c2nc(-c3cccnc3)c(F)s2)cc1C(F)(F)F. The van der Waals surface area contributed by atoms with Crippen molar-refractivity contribution in [3.8, 4) is 11.3 Å². The molecule has 3 aromatic rings. The number of carbonyl (C=O) groups is 1. The Balaban J connectivity index is 1.91. The highest BCUT2D eigenvalue weighted by Gasteiger charge is 2.35. The standard InChI is InChI=1S/C27H32F4N3O6PS/c1-2-3-4-5-6-7-8-10-19-12-13-21(17-22(19)27(29,30)31)34(26(35)39-15-16-40-41(36,37)38)25-33-23(24(28)42-25)20-11-9-14-32-18-20/h9,11-14,17-18H,2-8,10,15-16H2,1H3,(H2,36,37,38). The van der Waals surface area contributed by atoms with Crippen LogP contribution in [0.1, 0.15) is 63.0 Å². The lowest BCUT2D eigenvalue weighted by Gasteiger charge is -2.22. The summed E-state index contributed by atoms with van der Waals surface area (Å²) in [4.78, 5) is 39.5. The first kappa shape index (κ1) is 33.6. The largest absolute Gasteiger partial charge is 0.469 e. The van der Waals surface area contributed by atoms with Crippen molar-refractivity contribution in [1.82, 2.24) is 9.97 Å². The first-order valence-corrected chi connectivity index (χ1v) is 15.7. The molecule has 0 unspecified atom stereocenters. The quantitative estimate of drug-likeness (QED) is 0.0980. The lowest BCUT2D eigenvalue weighted by Crippen LogP contribution is -2.28. The number of unbranched alkanes of at least 4 members (excludes halogenated alkanes) is 6. The topological polar surface area (TPSA) is 122 Å². The minimum atomic E-state index is -4.85. The molecule has 0 aliphatic carbocycles. The maximum Gasteiger partial charge on any atom is 0.469 e. The number of aryl methyl sites for hydroxylation is 1. The lowest BCUT2D eigenvalue weighted by atomic mass is 9.99. The highest BCUT2D eigenvalue weighted by molar-refractivity contribution is 7.46. The number of benzene rings is 1. The molecule has 0 fully saturated rings. The number of anilines is 2. The molecule has 0 aliphatic heterocycles. The number of nitrogens with zero attached hydrogens (tertiary/aromatic N) is 3. The average Bonchev–Trinajstić information content (AvgIpc) is 3.31. The predicted octanol–water partition coefficient (Wildman–Crippen LogP) is 8.04. The highest BCUT2D eigenvalue weighted by Crippen LogP contribution is 2.40. The summed E-state index contributed by atoms with van der Waals surface area (Å²) < 4.78 is 77.6. The first-order chi connectivity index (χ1) is 19.9. The molecule has 1 aromatic carbocycles. The van der Waals surface area contributed by atoms with Crippen LogP contribution in [-0.4, -0.2) is 39.1 Å². The van der Waals surface area contributed by atoms with E-state index in [1.807, 2.05) is 0 Å². The van der Waals surface area contributed by atoms with Gasteiger partial charge in [0.2, 0.25) is 10.3 Å². The molecule has 42 heavy (non-hydrogen) atoms. The van der Waals surface area contributed by atoms with Gasteiger partial charge in [0.05, 0.1) is 17.9 Å². The number of phosphoric acid groups is 1. The van der Waals surface area contributed by atoms with Crippen molar-refractivity contribution < 1.29 is 46.0 Å². The molecule has 15 heteroatoms. The van der Waals surface area contributed by atoms with Crippen LogP contribution < -0.4 is 4.90 Å². The summed E-state index contributed by atoms with van der Waals surface area (Å²) in [6.45, 7) is 0.767. The van der Waals surface area contributed by atoms with Crippen molar-refractivity contribution in [3.05, 3.63) is 59.0 Å². The van der Waals surface area contributed by atoms with E-state index in [2.05, 4.69) is 21.4 Å². The zero-order valence-corrected chi connectivity index (χ0v) is 24.6. The van der Waals surface area contributed by atoms with Crippen molar-refractivity contribution in [2.24, 2.45) is 0 Å². The van der Waals surface area contributed by atoms with Crippen LogP contribution in [0.3, 0.4) is 0 Å². The van der Waals surface area contributed by atoms with Crippen molar-refractivity contribution in [2.75, 3.05) is 18.1 Å². The molecular formula is C27H32F4N3O6PS. The summed E-state index contributed by atoms with van der Waals surface area (Å²) in [7, 11) is -4.85. The van der Waals surface area contributed by atoms with E-state index in [9.17, 15) is 26.9 Å². The number of halogens is 4. The summed E-state index contributed by atoms with van der Waals surface area (Å²) in [5, 5.41) is -1.13. The molecule has 2 heterocycles. The number of phosphoric ester groups is 1. The monoisotopic (exact) mass is 633 g/mol. The van der Waals surface area contributed by atoms with Gasteiger partial charge in [-0.1, -0.05) is 62.9 Å². The third-order valence-electron chi connectivity index (χ3n) is 6.16. The van der Waals surface area contributed by atoms with Gasteiger partial charge in [0, 0.05) is 18.0 Å². The van der Waals surface area contributed by atoms with Gasteiger partial charge in [0.25, 0.3) is 0 Å². The normalized spacial score (nSPS) is 12.0. The molecule has 230 valence electrons. The molecule has 0 saturated heterocycles. The van der Waals surface area contributed by atoms with Gasteiger partial charge in [-0.05, 0) is 42.7 Å². The molecule has 0 bridgehead atoms. The fourth-order valence-corrected chi connectivity index (χ4v) is 5.31. The van der Waals surface area contributed by atoms with Crippen LogP contribution in [0.2, 0.25) is 0 Å². The van der Waals surface area contributed by atoms with Crippen LogP contribution in [-0.2, 0) is 26.4 Å². The third-order valence-corrected chi connectivity index (χ3v) is 7.51. The molecule has 0 atom stereocenters. The second-order valence-electron chi connectivity index (χ2n) is 9.34. The maximum absolute atomic E-state index is 14.9. The van der Waals surface area contributed by atoms with Crippen molar-refractivity contribution in [1.29, 1.82) is 0 Å². The Kier molecular flexibility index (Phi) is 12.4. The molecule has 2 aromatic heterocycles. The minimum absolute atomic E-state index is 0.0598. The Bertz CT molecular complexity index is 1350. The molecule has 1 amide bonds. The molecule has 2 N–H and O–H groups in total. The van der Waals surface area contributed by atoms with Crippen molar-refractivity contribution >= 4 is 36.1 Å². The van der Waals surface area contributed by atoms with E-state index in [4.69, 9.17) is 14.5 Å². The minimum Gasteiger partial charge on any atom is -0.446 e. The molecular weight excluding hydrogens is 601 g/mol. The molecule has 0 aliphatic rings. The van der Waals surface area contributed by atoms with E-state index in [-0.39, 0.29) is 34.1 Å². The van der Waals surface area contributed by atoms with Crippen LogP contribution in [0.5, 0.6) is 0 Å². The Morgan fingerprint density at radius 1 is 1.07 bits per heavy atom. The molecule has 0 radical (unpaired) electrons. The third kappa shape index (κ3) is 10.1. The van der Waals surface area contributed by atoms with E-state index in [1.165, 1.54) is 30.6 Å². The molecule has 9 nitrogen and oxygen atoms in total. The number of amides is 1. The predicted molar refractivity (Wildman–Crippen MR) is 150 cm³/mol. The number of hydrogen-bond donors (Lipinski definition) is 2. The van der Waals surface area contributed by atoms with Crippen LogP contribution in [0, 0.1) is 5.13 Å². The number of hydrogen-bond acceptors (Lipinski definition) is 7. The van der Waals surface area contributed by atoms with Crippen molar-refractivity contribution in [2.45, 2.75) is 64.5 Å². The second-order valence-corrected chi connectivity index (χ2v) is 11.5. The fraction of sp³-hybridized carbons (Fsp3) is 0.444. The Labute approximate surface area is 244 Å². The van der Waals surface area contributed by atoms with E-state index in [0.717, 1.165) is 44.6 Å². The van der Waals surface area contributed by atoms with Gasteiger partial charge >= 0.3 is 20.1 Å². The van der Waals surface area contributed by atoms with E-state index < -0.39 is 44.0 Å². The number of rotatable bonds is 15. The highest BCUT2D eigenvalue weighted by atomic mass is 32.1. The van der Waals surface area contributed by atoms with E-state index in [0.29, 0.717) is 22.7 Å². The maximum atomic E-state index is 14.9. The van der Waals surface area contributed by atoms with Gasteiger partial charge in [-0.15, -0.1) is 0 Å². The zero-order chi connectivity index (χ0) is 30.8. The van der Waals surface area contributed by atoms with Gasteiger partial charge in [-0.2, -0.15) is 17.6 Å². The summed E-state index contributed by atoms with van der Waals surface area (Å²) in [6.07, 6.45) is 3.63. The summed E-state index contributed by atoms with van der Waals surface area (Å²) in [5.74, 6) is 0. The van der Waals surface area contributed by atoms with Crippen LogP contribution in [0.25, 0.3) is 11.3 Å². The average molecular weight is 634 g/mol. The summed E-state index contributed by atoms with van der Waals surface area (Å²) >= 11 is 0.409. The smallest absolute Gasteiger partial charge is 0.446 e. The summed E-state index contributed by atoms with van der Waals surface area (Å²) in [5.41, 5.74) is -1.06. The zero-order valence-electron chi connectivity index (χ0n) is 22.8. The number of aromatic nitrogens is 2. The van der Waals surface area contributed by atoms with Crippen molar-refractivity contribution in [3.63, 3.8) is 0 Å². The number of thiazole rings is 1. The van der Waals surface area contributed by atoms with Gasteiger partial charge < -0.3 is 14.5 Å².